The van der Waals surface area contributed by atoms with E-state index in [1.165, 1.54) is 18.2 Å². The average molecular weight is 490 g/mol. The Kier molecular flexibility index (Phi) is 7.39. The van der Waals surface area contributed by atoms with Crippen LogP contribution in [0.15, 0.2) is 54.6 Å². The number of aromatic nitrogens is 3. The van der Waals surface area contributed by atoms with E-state index in [-0.39, 0.29) is 34.7 Å². The van der Waals surface area contributed by atoms with Crippen LogP contribution in [0, 0.1) is 0 Å². The van der Waals surface area contributed by atoms with Gasteiger partial charge in [0.1, 0.15) is 34.5 Å². The maximum Gasteiger partial charge on any atom is 0.167 e. The molecule has 9 heteroatoms. The number of rotatable bonds is 9. The molecular formula is C27H27N3O6. The predicted molar refractivity (Wildman–Crippen MR) is 135 cm³/mol. The third-order valence-electron chi connectivity index (χ3n) is 5.20. The summed E-state index contributed by atoms with van der Waals surface area (Å²) in [6.07, 6.45) is 0. The molecule has 0 unspecified atom stereocenters. The first-order valence-electron chi connectivity index (χ1n) is 11.6. The van der Waals surface area contributed by atoms with Gasteiger partial charge in [-0.25, -0.2) is 15.0 Å². The number of ether oxygens (including phenoxy) is 3. The summed E-state index contributed by atoms with van der Waals surface area (Å²) in [5, 5.41) is 32.0. The van der Waals surface area contributed by atoms with Gasteiger partial charge in [0.15, 0.2) is 17.5 Å². The highest BCUT2D eigenvalue weighted by Crippen LogP contribution is 2.37. The van der Waals surface area contributed by atoms with Crippen LogP contribution in [-0.2, 0) is 0 Å². The van der Waals surface area contributed by atoms with E-state index in [0.29, 0.717) is 53.8 Å². The Balaban J connectivity index is 1.88. The van der Waals surface area contributed by atoms with Crippen molar-refractivity contribution in [3.05, 3.63) is 54.6 Å². The van der Waals surface area contributed by atoms with Crippen molar-refractivity contribution >= 4 is 0 Å². The molecule has 0 fully saturated rings. The van der Waals surface area contributed by atoms with Crippen molar-refractivity contribution in [2.45, 2.75) is 20.8 Å². The van der Waals surface area contributed by atoms with E-state index in [9.17, 15) is 15.3 Å². The van der Waals surface area contributed by atoms with E-state index < -0.39 is 0 Å². The van der Waals surface area contributed by atoms with Gasteiger partial charge in [0.25, 0.3) is 0 Å². The smallest absolute Gasteiger partial charge is 0.167 e. The molecule has 0 aliphatic rings. The third-order valence-corrected chi connectivity index (χ3v) is 5.20. The Morgan fingerprint density at radius 1 is 0.500 bits per heavy atom. The second kappa shape index (κ2) is 10.8. The lowest BCUT2D eigenvalue weighted by Crippen LogP contribution is -2.01. The molecule has 0 amide bonds. The zero-order valence-corrected chi connectivity index (χ0v) is 20.2. The number of nitrogens with zero attached hydrogens (tertiary/aromatic N) is 3. The number of hydrogen-bond donors (Lipinski definition) is 3. The Hall–Kier alpha value is -4.53. The van der Waals surface area contributed by atoms with Crippen molar-refractivity contribution in [3.8, 4) is 68.7 Å². The fourth-order valence-corrected chi connectivity index (χ4v) is 3.61. The monoisotopic (exact) mass is 489 g/mol. The number of benzene rings is 3. The Labute approximate surface area is 208 Å². The first kappa shape index (κ1) is 24.6. The van der Waals surface area contributed by atoms with Gasteiger partial charge in [0.05, 0.1) is 36.5 Å². The van der Waals surface area contributed by atoms with Crippen molar-refractivity contribution in [3.63, 3.8) is 0 Å². The van der Waals surface area contributed by atoms with Crippen LogP contribution in [0.25, 0.3) is 34.2 Å². The largest absolute Gasteiger partial charge is 0.507 e. The second-order valence-electron chi connectivity index (χ2n) is 7.64. The lowest BCUT2D eigenvalue weighted by atomic mass is 10.1. The molecular weight excluding hydrogens is 462 g/mol. The number of aromatic hydroxyl groups is 3. The average Bonchev–Trinajstić information content (AvgIpc) is 2.85. The molecule has 3 aromatic carbocycles. The van der Waals surface area contributed by atoms with Crippen molar-refractivity contribution in [1.82, 2.24) is 15.0 Å². The van der Waals surface area contributed by atoms with E-state index in [0.717, 1.165) is 0 Å². The molecule has 186 valence electrons. The first-order valence-corrected chi connectivity index (χ1v) is 11.6. The van der Waals surface area contributed by atoms with E-state index in [2.05, 4.69) is 15.0 Å². The highest BCUT2D eigenvalue weighted by atomic mass is 16.5. The lowest BCUT2D eigenvalue weighted by Gasteiger charge is -2.13. The fraction of sp³-hybridized carbons (Fsp3) is 0.222. The van der Waals surface area contributed by atoms with Crippen molar-refractivity contribution in [2.24, 2.45) is 0 Å². The van der Waals surface area contributed by atoms with Gasteiger partial charge in [-0.1, -0.05) is 0 Å². The topological polar surface area (TPSA) is 127 Å². The first-order chi connectivity index (χ1) is 17.4. The summed E-state index contributed by atoms with van der Waals surface area (Å²) < 4.78 is 16.4. The van der Waals surface area contributed by atoms with Crippen LogP contribution in [0.3, 0.4) is 0 Å². The van der Waals surface area contributed by atoms with Crippen LogP contribution in [0.1, 0.15) is 20.8 Å². The van der Waals surface area contributed by atoms with Crippen LogP contribution in [0.5, 0.6) is 34.5 Å². The third kappa shape index (κ3) is 5.25. The molecule has 0 saturated heterocycles. The lowest BCUT2D eigenvalue weighted by molar-refractivity contribution is 0.337. The van der Waals surface area contributed by atoms with Gasteiger partial charge < -0.3 is 29.5 Å². The number of phenols is 3. The molecule has 0 atom stereocenters. The van der Waals surface area contributed by atoms with Gasteiger partial charge in [-0.3, -0.25) is 0 Å². The molecule has 4 rings (SSSR count). The van der Waals surface area contributed by atoms with E-state index in [1.807, 2.05) is 20.8 Å². The van der Waals surface area contributed by atoms with Crippen molar-refractivity contribution in [1.29, 1.82) is 0 Å². The molecule has 0 aliphatic heterocycles. The van der Waals surface area contributed by atoms with E-state index in [1.54, 1.807) is 36.4 Å². The van der Waals surface area contributed by atoms with Crippen LogP contribution in [-0.4, -0.2) is 50.1 Å². The standard InChI is InChI=1S/C27H27N3O6/c1-4-34-16-7-10-19(22(31)13-16)25-28-26(20-11-8-17(35-5-2)14-23(20)32)30-27(29-25)21-12-9-18(36-6-3)15-24(21)33/h7-15,31-33H,4-6H2,1-3H3. The van der Waals surface area contributed by atoms with Gasteiger partial charge >= 0.3 is 0 Å². The molecule has 1 heterocycles. The molecule has 3 N–H and O–H groups in total. The SMILES string of the molecule is CCOc1ccc(-c2nc(-c3ccc(OCC)cc3O)nc(-c3ccc(OCC)cc3O)n2)c(O)c1. The summed E-state index contributed by atoms with van der Waals surface area (Å²) in [6.45, 7) is 6.90. The summed E-state index contributed by atoms with van der Waals surface area (Å²) in [4.78, 5) is 13.6. The molecule has 1 aromatic heterocycles. The van der Waals surface area contributed by atoms with Crippen LogP contribution in [0.4, 0.5) is 0 Å². The van der Waals surface area contributed by atoms with Crippen molar-refractivity contribution < 1.29 is 29.5 Å². The maximum atomic E-state index is 10.7. The molecule has 4 aromatic rings. The Morgan fingerprint density at radius 2 is 0.778 bits per heavy atom. The van der Waals surface area contributed by atoms with Gasteiger partial charge in [0.2, 0.25) is 0 Å². The minimum atomic E-state index is -0.0871. The maximum absolute atomic E-state index is 10.7. The number of hydrogen-bond acceptors (Lipinski definition) is 9. The zero-order chi connectivity index (χ0) is 25.7. The molecule has 0 saturated carbocycles. The van der Waals surface area contributed by atoms with E-state index >= 15 is 0 Å². The van der Waals surface area contributed by atoms with Gasteiger partial charge in [-0.15, -0.1) is 0 Å². The molecule has 0 radical (unpaired) electrons. The predicted octanol–water partition coefficient (Wildman–Crippen LogP) is 5.19. The van der Waals surface area contributed by atoms with E-state index in [4.69, 9.17) is 14.2 Å². The molecule has 0 bridgehead atoms. The molecule has 0 spiro atoms. The summed E-state index contributed by atoms with van der Waals surface area (Å²) in [6, 6.07) is 14.4. The fourth-order valence-electron chi connectivity index (χ4n) is 3.61. The zero-order valence-electron chi connectivity index (χ0n) is 20.2. The Bertz CT molecular complexity index is 1200. The summed E-state index contributed by atoms with van der Waals surface area (Å²) in [5.74, 6) is 1.69. The second-order valence-corrected chi connectivity index (χ2v) is 7.64. The van der Waals surface area contributed by atoms with Gasteiger partial charge in [-0.05, 0) is 57.2 Å². The highest BCUT2D eigenvalue weighted by molar-refractivity contribution is 5.74. The van der Waals surface area contributed by atoms with Gasteiger partial charge in [-0.2, -0.15) is 0 Å². The molecule has 0 aliphatic carbocycles. The van der Waals surface area contributed by atoms with Gasteiger partial charge in [0, 0.05) is 18.2 Å². The number of phenolic OH excluding ortho intramolecular Hbond substituents is 3. The summed E-state index contributed by atoms with van der Waals surface area (Å²) >= 11 is 0. The minimum absolute atomic E-state index is 0.0871. The van der Waals surface area contributed by atoms with Crippen LogP contribution in [0.2, 0.25) is 0 Å². The normalized spacial score (nSPS) is 10.8. The van der Waals surface area contributed by atoms with Crippen LogP contribution >= 0.6 is 0 Å². The molecule has 9 nitrogen and oxygen atoms in total. The molecule has 36 heavy (non-hydrogen) atoms. The minimum Gasteiger partial charge on any atom is -0.507 e. The van der Waals surface area contributed by atoms with Crippen molar-refractivity contribution in [2.75, 3.05) is 19.8 Å². The van der Waals surface area contributed by atoms with Crippen LogP contribution < -0.4 is 14.2 Å². The Morgan fingerprint density at radius 3 is 1.00 bits per heavy atom. The highest BCUT2D eigenvalue weighted by Gasteiger charge is 2.19. The summed E-state index contributed by atoms with van der Waals surface area (Å²) in [5.41, 5.74) is 0.998. The summed E-state index contributed by atoms with van der Waals surface area (Å²) in [7, 11) is 0. The quantitative estimate of drug-likeness (QED) is 0.291.